The predicted molar refractivity (Wildman–Crippen MR) is 137 cm³/mol. The third-order valence-electron chi connectivity index (χ3n) is 7.46. The molecular formula is C26H27F2N7O2S. The van der Waals surface area contributed by atoms with Gasteiger partial charge in [-0.2, -0.15) is 9.19 Å². The number of likely N-dealkylation sites (tertiary alicyclic amines) is 1. The summed E-state index contributed by atoms with van der Waals surface area (Å²) in [7, 11) is -3.46. The molecule has 12 heteroatoms. The second kappa shape index (κ2) is 9.45. The number of pyridine rings is 2. The average Bonchev–Trinajstić information content (AvgIpc) is 3.46. The molecular weight excluding hydrogens is 512 g/mol. The third-order valence-corrected chi connectivity index (χ3v) is 8.33. The Morgan fingerprint density at radius 3 is 2.79 bits per heavy atom. The van der Waals surface area contributed by atoms with Crippen LogP contribution in [0.2, 0.25) is 0 Å². The highest BCUT2D eigenvalue weighted by atomic mass is 32.2. The number of nitrogens with two attached hydrogens (primary N) is 1. The summed E-state index contributed by atoms with van der Waals surface area (Å²) in [5.41, 5.74) is 10.2. The summed E-state index contributed by atoms with van der Waals surface area (Å²) in [5, 5.41) is 5.16. The molecule has 1 unspecified atom stereocenters. The third kappa shape index (κ3) is 4.57. The van der Waals surface area contributed by atoms with Crippen molar-refractivity contribution in [2.45, 2.75) is 44.2 Å². The van der Waals surface area contributed by atoms with Crippen molar-refractivity contribution in [3.63, 3.8) is 0 Å². The molecule has 0 saturated carbocycles. The van der Waals surface area contributed by atoms with Crippen molar-refractivity contribution in [2.75, 3.05) is 12.8 Å². The number of nitrogens with zero attached hydrogens (tertiary/aromatic N) is 6. The maximum absolute atomic E-state index is 15.0. The summed E-state index contributed by atoms with van der Waals surface area (Å²) in [5.74, 6) is -1.02. The fourth-order valence-electron chi connectivity index (χ4n) is 5.74. The van der Waals surface area contributed by atoms with Gasteiger partial charge in [0.25, 0.3) is 10.0 Å². The molecule has 0 spiro atoms. The van der Waals surface area contributed by atoms with E-state index in [1.807, 2.05) is 12.1 Å². The summed E-state index contributed by atoms with van der Waals surface area (Å²) in [6.07, 6.45) is 8.45. The van der Waals surface area contributed by atoms with Gasteiger partial charge in [-0.25, -0.2) is 17.2 Å². The lowest BCUT2D eigenvalue weighted by Gasteiger charge is -2.46. The molecule has 9 nitrogen and oxygen atoms in total. The monoisotopic (exact) mass is 539 g/mol. The first-order valence-electron chi connectivity index (χ1n) is 12.3. The summed E-state index contributed by atoms with van der Waals surface area (Å²) in [6.45, 7) is 1.95. The quantitative estimate of drug-likeness (QED) is 0.412. The summed E-state index contributed by atoms with van der Waals surface area (Å²) in [6, 6.07) is 6.22. The summed E-state index contributed by atoms with van der Waals surface area (Å²) < 4.78 is 54.1. The Morgan fingerprint density at radius 1 is 1.16 bits per heavy atom. The number of hydrogen-bond donors (Lipinski definition) is 1. The number of halogens is 2. The van der Waals surface area contributed by atoms with Gasteiger partial charge < -0.3 is 5.73 Å². The molecule has 1 fully saturated rings. The molecule has 0 radical (unpaired) electrons. The van der Waals surface area contributed by atoms with Crippen LogP contribution in [0.1, 0.15) is 34.8 Å². The molecule has 38 heavy (non-hydrogen) atoms. The molecule has 0 amide bonds. The van der Waals surface area contributed by atoms with Crippen LogP contribution in [0, 0.1) is 11.6 Å². The maximum atomic E-state index is 15.0. The molecule has 2 aliphatic rings. The topological polar surface area (TPSA) is 110 Å². The van der Waals surface area contributed by atoms with Crippen LogP contribution < -0.4 is 5.73 Å². The van der Waals surface area contributed by atoms with E-state index in [-0.39, 0.29) is 11.6 Å². The van der Waals surface area contributed by atoms with Crippen LogP contribution in [0.25, 0.3) is 10.9 Å². The highest BCUT2D eigenvalue weighted by Gasteiger charge is 2.41. The van der Waals surface area contributed by atoms with Crippen LogP contribution in [0.3, 0.4) is 0 Å². The van der Waals surface area contributed by atoms with Crippen molar-refractivity contribution in [1.29, 1.82) is 0 Å². The lowest BCUT2D eigenvalue weighted by molar-refractivity contribution is 0.0364. The van der Waals surface area contributed by atoms with Gasteiger partial charge in [-0.1, -0.05) is 0 Å². The van der Waals surface area contributed by atoms with E-state index in [9.17, 15) is 12.8 Å². The highest BCUT2D eigenvalue weighted by Crippen LogP contribution is 2.37. The lowest BCUT2D eigenvalue weighted by Crippen LogP contribution is -2.55. The van der Waals surface area contributed by atoms with Gasteiger partial charge in [-0.05, 0) is 36.8 Å². The normalized spacial score (nSPS) is 22.7. The number of piperidine rings is 1. The molecule has 198 valence electrons. The lowest BCUT2D eigenvalue weighted by atomic mass is 9.87. The van der Waals surface area contributed by atoms with Gasteiger partial charge in [0.15, 0.2) is 0 Å². The molecule has 3 aromatic heterocycles. The first-order valence-corrected chi connectivity index (χ1v) is 14.2. The zero-order chi connectivity index (χ0) is 26.6. The Balaban J connectivity index is 1.33. The van der Waals surface area contributed by atoms with Crippen LogP contribution in [-0.4, -0.2) is 62.3 Å². The van der Waals surface area contributed by atoms with E-state index in [0.717, 1.165) is 50.2 Å². The number of hydrogen-bond acceptors (Lipinski definition) is 8. The van der Waals surface area contributed by atoms with E-state index in [4.69, 9.17) is 5.73 Å². The van der Waals surface area contributed by atoms with Crippen molar-refractivity contribution in [3.05, 3.63) is 89.1 Å². The van der Waals surface area contributed by atoms with E-state index in [0.29, 0.717) is 32.6 Å². The molecule has 2 N–H and O–H groups in total. The predicted octanol–water partition coefficient (Wildman–Crippen LogP) is 2.57. The number of aromatic nitrogens is 4. The zero-order valence-corrected chi connectivity index (χ0v) is 21.5. The Kier molecular flexibility index (Phi) is 6.22. The fourth-order valence-corrected chi connectivity index (χ4v) is 6.31. The molecule has 0 bridgehead atoms. The van der Waals surface area contributed by atoms with E-state index < -0.39 is 33.7 Å². The minimum Gasteiger partial charge on any atom is -0.326 e. The van der Waals surface area contributed by atoms with E-state index in [1.54, 1.807) is 24.8 Å². The Labute approximate surface area is 218 Å². The van der Waals surface area contributed by atoms with Crippen LogP contribution in [0.15, 0.2) is 55.1 Å². The van der Waals surface area contributed by atoms with Gasteiger partial charge in [0, 0.05) is 85.1 Å². The van der Waals surface area contributed by atoms with Gasteiger partial charge in [-0.15, -0.1) is 0 Å². The summed E-state index contributed by atoms with van der Waals surface area (Å²) in [4.78, 5) is 13.2. The first kappa shape index (κ1) is 25.0. The standard InChI is InChI=1S/C26H27F2N7O2S/c1-38(36,37)35-13-18-12-33(15-24(18)32-35)20-8-23(29)26(21-7-19(27)4-5-22(21)28)34(14-20)11-17-10-30-9-16-3-2-6-31-25(16)17/h2-7,9-10,13,20,23,26H,8,11-12,14-15,29H2,1H3/t20-,23?,26+/m0/s1. The fraction of sp³-hybridized carbons (Fsp3) is 0.346. The van der Waals surface area contributed by atoms with E-state index >= 15 is 4.39 Å². The molecule has 1 saturated heterocycles. The molecule has 5 heterocycles. The van der Waals surface area contributed by atoms with Crippen LogP contribution in [0.4, 0.5) is 8.78 Å². The van der Waals surface area contributed by atoms with Gasteiger partial charge in [0.2, 0.25) is 0 Å². The van der Waals surface area contributed by atoms with Crippen molar-refractivity contribution < 1.29 is 17.2 Å². The molecule has 4 aromatic rings. The zero-order valence-electron chi connectivity index (χ0n) is 20.7. The SMILES string of the molecule is CS(=O)(=O)n1cc2c(n1)CN([C@H]1CC(N)[C@@H](c3cc(F)ccc3F)N(Cc3cncc4cccnc34)C1)C2. The van der Waals surface area contributed by atoms with E-state index in [2.05, 4.69) is 24.9 Å². The van der Waals surface area contributed by atoms with Gasteiger partial charge in [0.1, 0.15) is 11.6 Å². The van der Waals surface area contributed by atoms with Crippen molar-refractivity contribution >= 4 is 20.9 Å². The van der Waals surface area contributed by atoms with Crippen molar-refractivity contribution in [1.82, 2.24) is 29.0 Å². The largest absolute Gasteiger partial charge is 0.326 e. The Morgan fingerprint density at radius 2 is 2.00 bits per heavy atom. The summed E-state index contributed by atoms with van der Waals surface area (Å²) >= 11 is 0. The molecule has 3 atom stereocenters. The molecule has 6 rings (SSSR count). The smallest absolute Gasteiger partial charge is 0.250 e. The molecule has 0 aliphatic carbocycles. The first-order chi connectivity index (χ1) is 18.2. The second-order valence-electron chi connectivity index (χ2n) is 10.1. The average molecular weight is 540 g/mol. The van der Waals surface area contributed by atoms with E-state index in [1.165, 1.54) is 6.07 Å². The Bertz CT molecular complexity index is 1600. The minimum atomic E-state index is -3.46. The van der Waals surface area contributed by atoms with Crippen molar-refractivity contribution in [2.24, 2.45) is 5.73 Å². The minimum absolute atomic E-state index is 0.00495. The van der Waals surface area contributed by atoms with Crippen LogP contribution in [-0.2, 0) is 29.7 Å². The van der Waals surface area contributed by atoms with Crippen molar-refractivity contribution in [3.8, 4) is 0 Å². The molecule has 1 aromatic carbocycles. The highest BCUT2D eigenvalue weighted by molar-refractivity contribution is 7.89. The Hall–Kier alpha value is -3.32. The molecule has 2 aliphatic heterocycles. The number of fused-ring (bicyclic) bond motifs is 2. The number of benzene rings is 1. The number of rotatable bonds is 5. The second-order valence-corrected chi connectivity index (χ2v) is 11.9. The van der Waals surface area contributed by atoms with Crippen LogP contribution >= 0.6 is 0 Å². The van der Waals surface area contributed by atoms with Gasteiger partial charge >= 0.3 is 0 Å². The maximum Gasteiger partial charge on any atom is 0.250 e. The van der Waals surface area contributed by atoms with Crippen LogP contribution in [0.5, 0.6) is 0 Å². The van der Waals surface area contributed by atoms with Gasteiger partial charge in [-0.3, -0.25) is 19.8 Å². The van der Waals surface area contributed by atoms with Gasteiger partial charge in [0.05, 0.1) is 23.5 Å².